The standard InChI is InChI=1S/C19H25FN2O3/c20-16-6-4-15(5-7-16)18(19(24)25)21-11-8-14(9-12-21)13-22-10-2-1-3-17(22)23/h4-7,14,18H,1-3,8-13H2,(H,24,25). The van der Waals surface area contributed by atoms with Crippen molar-refractivity contribution in [1.82, 2.24) is 9.80 Å². The quantitative estimate of drug-likeness (QED) is 0.889. The zero-order valence-corrected chi connectivity index (χ0v) is 14.4. The van der Waals surface area contributed by atoms with E-state index in [9.17, 15) is 19.1 Å². The number of likely N-dealkylation sites (tertiary alicyclic amines) is 2. The molecule has 1 N–H and O–H groups in total. The molecule has 136 valence electrons. The maximum Gasteiger partial charge on any atom is 0.325 e. The molecule has 5 nitrogen and oxygen atoms in total. The van der Waals surface area contributed by atoms with E-state index in [2.05, 4.69) is 0 Å². The molecule has 3 rings (SSSR count). The Morgan fingerprint density at radius 2 is 1.84 bits per heavy atom. The number of piperidine rings is 2. The summed E-state index contributed by atoms with van der Waals surface area (Å²) in [7, 11) is 0. The molecule has 1 aromatic carbocycles. The molecule has 2 aliphatic rings. The summed E-state index contributed by atoms with van der Waals surface area (Å²) in [5.74, 6) is -0.585. The number of carboxylic acid groups (broad SMARTS) is 1. The number of carboxylic acids is 1. The number of halogens is 1. The highest BCUT2D eigenvalue weighted by Crippen LogP contribution is 2.28. The van der Waals surface area contributed by atoms with E-state index in [1.54, 1.807) is 12.1 Å². The van der Waals surface area contributed by atoms with Crippen LogP contribution in [-0.2, 0) is 9.59 Å². The molecular weight excluding hydrogens is 323 g/mol. The zero-order valence-electron chi connectivity index (χ0n) is 14.4. The topological polar surface area (TPSA) is 60.9 Å². The van der Waals surface area contributed by atoms with Crippen LogP contribution < -0.4 is 0 Å². The number of benzene rings is 1. The molecule has 1 unspecified atom stereocenters. The van der Waals surface area contributed by atoms with E-state index in [1.165, 1.54) is 12.1 Å². The molecule has 6 heteroatoms. The Kier molecular flexibility index (Phi) is 5.68. The van der Waals surface area contributed by atoms with Gasteiger partial charge in [-0.25, -0.2) is 4.39 Å². The number of aliphatic carboxylic acids is 1. The predicted molar refractivity (Wildman–Crippen MR) is 91.5 cm³/mol. The van der Waals surface area contributed by atoms with Crippen LogP contribution in [0, 0.1) is 11.7 Å². The van der Waals surface area contributed by atoms with E-state index >= 15 is 0 Å². The van der Waals surface area contributed by atoms with E-state index in [-0.39, 0.29) is 11.7 Å². The van der Waals surface area contributed by atoms with Crippen molar-refractivity contribution in [1.29, 1.82) is 0 Å². The van der Waals surface area contributed by atoms with E-state index < -0.39 is 12.0 Å². The summed E-state index contributed by atoms with van der Waals surface area (Å²) in [4.78, 5) is 27.6. The van der Waals surface area contributed by atoms with Crippen LogP contribution in [0.15, 0.2) is 24.3 Å². The van der Waals surface area contributed by atoms with Crippen molar-refractivity contribution >= 4 is 11.9 Å². The Morgan fingerprint density at radius 1 is 1.16 bits per heavy atom. The summed E-state index contributed by atoms with van der Waals surface area (Å²) in [5, 5.41) is 9.62. The molecule has 2 aliphatic heterocycles. The van der Waals surface area contributed by atoms with Crippen LogP contribution in [0.3, 0.4) is 0 Å². The van der Waals surface area contributed by atoms with Crippen molar-refractivity contribution in [2.45, 2.75) is 38.1 Å². The summed E-state index contributed by atoms with van der Waals surface area (Å²) < 4.78 is 13.1. The monoisotopic (exact) mass is 348 g/mol. The molecule has 2 saturated heterocycles. The first kappa shape index (κ1) is 17.9. The fraction of sp³-hybridized carbons (Fsp3) is 0.579. The summed E-state index contributed by atoms with van der Waals surface area (Å²) in [6, 6.07) is 4.97. The Hall–Kier alpha value is -1.95. The van der Waals surface area contributed by atoms with Gasteiger partial charge in [-0.05, 0) is 62.4 Å². The zero-order chi connectivity index (χ0) is 17.8. The molecule has 0 bridgehead atoms. The number of rotatable bonds is 5. The van der Waals surface area contributed by atoms with Gasteiger partial charge in [0.05, 0.1) is 0 Å². The summed E-state index contributed by atoms with van der Waals surface area (Å²) in [6.07, 6.45) is 4.50. The smallest absolute Gasteiger partial charge is 0.325 e. The Balaban J connectivity index is 1.58. The minimum atomic E-state index is -0.906. The number of carbonyl (C=O) groups is 2. The van der Waals surface area contributed by atoms with Gasteiger partial charge in [-0.2, -0.15) is 0 Å². The molecule has 2 heterocycles. The molecular formula is C19H25FN2O3. The number of hydrogen-bond acceptors (Lipinski definition) is 3. The van der Waals surface area contributed by atoms with Crippen molar-refractivity contribution in [3.05, 3.63) is 35.6 Å². The first-order valence-electron chi connectivity index (χ1n) is 9.04. The third-order valence-corrected chi connectivity index (χ3v) is 5.33. The number of carbonyl (C=O) groups excluding carboxylic acids is 1. The average molecular weight is 348 g/mol. The summed E-state index contributed by atoms with van der Waals surface area (Å²) in [5.41, 5.74) is 0.610. The minimum absolute atomic E-state index is 0.253. The van der Waals surface area contributed by atoms with Gasteiger partial charge in [-0.3, -0.25) is 14.5 Å². The molecule has 2 fully saturated rings. The fourth-order valence-corrected chi connectivity index (χ4v) is 3.91. The van der Waals surface area contributed by atoms with Gasteiger partial charge in [0.15, 0.2) is 0 Å². The van der Waals surface area contributed by atoms with Crippen LogP contribution in [0.1, 0.15) is 43.7 Å². The number of amides is 1. The first-order valence-corrected chi connectivity index (χ1v) is 9.04. The normalized spacial score (nSPS) is 21.3. The molecule has 0 aromatic heterocycles. The third kappa shape index (κ3) is 4.37. The maximum atomic E-state index is 13.1. The molecule has 0 aliphatic carbocycles. The third-order valence-electron chi connectivity index (χ3n) is 5.33. The minimum Gasteiger partial charge on any atom is -0.480 e. The Bertz CT molecular complexity index is 612. The lowest BCUT2D eigenvalue weighted by molar-refractivity contribution is -0.144. The number of hydrogen-bond donors (Lipinski definition) is 1. The van der Waals surface area contributed by atoms with Gasteiger partial charge < -0.3 is 10.0 Å². The van der Waals surface area contributed by atoms with Gasteiger partial charge in [-0.15, -0.1) is 0 Å². The van der Waals surface area contributed by atoms with Crippen molar-refractivity contribution in [3.63, 3.8) is 0 Å². The number of nitrogens with zero attached hydrogens (tertiary/aromatic N) is 2. The van der Waals surface area contributed by atoms with Crippen LogP contribution in [0.25, 0.3) is 0 Å². The van der Waals surface area contributed by atoms with E-state index in [0.29, 0.717) is 31.0 Å². The lowest BCUT2D eigenvalue weighted by atomic mass is 9.93. The van der Waals surface area contributed by atoms with Gasteiger partial charge in [0.25, 0.3) is 0 Å². The van der Waals surface area contributed by atoms with Crippen LogP contribution in [-0.4, -0.2) is 53.0 Å². The second-order valence-corrected chi connectivity index (χ2v) is 7.07. The lowest BCUT2D eigenvalue weighted by Gasteiger charge is -2.38. The van der Waals surface area contributed by atoms with Crippen LogP contribution in [0.2, 0.25) is 0 Å². The molecule has 1 amide bonds. The van der Waals surface area contributed by atoms with Crippen LogP contribution in [0.4, 0.5) is 4.39 Å². The van der Waals surface area contributed by atoms with Crippen LogP contribution >= 0.6 is 0 Å². The van der Waals surface area contributed by atoms with Gasteiger partial charge in [-0.1, -0.05) is 12.1 Å². The Labute approximate surface area is 147 Å². The van der Waals surface area contributed by atoms with Gasteiger partial charge in [0, 0.05) is 19.5 Å². The van der Waals surface area contributed by atoms with Crippen molar-refractivity contribution in [2.75, 3.05) is 26.2 Å². The first-order chi connectivity index (χ1) is 12.0. The fourth-order valence-electron chi connectivity index (χ4n) is 3.91. The molecule has 1 aromatic rings. The maximum absolute atomic E-state index is 13.1. The van der Waals surface area contributed by atoms with Crippen LogP contribution in [0.5, 0.6) is 0 Å². The van der Waals surface area contributed by atoms with Crippen molar-refractivity contribution < 1.29 is 19.1 Å². The van der Waals surface area contributed by atoms with E-state index in [1.807, 2.05) is 9.80 Å². The SMILES string of the molecule is O=C(O)C(c1ccc(F)cc1)N1CCC(CN2CCCCC2=O)CC1. The molecule has 1 atom stereocenters. The van der Waals surface area contributed by atoms with E-state index in [0.717, 1.165) is 38.8 Å². The van der Waals surface area contributed by atoms with Gasteiger partial charge in [0.1, 0.15) is 11.9 Å². The Morgan fingerprint density at radius 3 is 2.44 bits per heavy atom. The second-order valence-electron chi connectivity index (χ2n) is 7.07. The lowest BCUT2D eigenvalue weighted by Crippen LogP contribution is -2.44. The van der Waals surface area contributed by atoms with Crippen molar-refractivity contribution in [2.24, 2.45) is 5.92 Å². The highest BCUT2D eigenvalue weighted by Gasteiger charge is 2.32. The van der Waals surface area contributed by atoms with Crippen molar-refractivity contribution in [3.8, 4) is 0 Å². The van der Waals surface area contributed by atoms with E-state index in [4.69, 9.17) is 0 Å². The molecule has 0 radical (unpaired) electrons. The average Bonchev–Trinajstić information content (AvgIpc) is 2.60. The summed E-state index contributed by atoms with van der Waals surface area (Å²) in [6.45, 7) is 3.01. The summed E-state index contributed by atoms with van der Waals surface area (Å²) >= 11 is 0. The molecule has 0 saturated carbocycles. The molecule has 25 heavy (non-hydrogen) atoms. The van der Waals surface area contributed by atoms with Gasteiger partial charge in [0.2, 0.25) is 5.91 Å². The second kappa shape index (κ2) is 7.95. The van der Waals surface area contributed by atoms with Gasteiger partial charge >= 0.3 is 5.97 Å². The predicted octanol–water partition coefficient (Wildman–Crippen LogP) is 2.68. The highest BCUT2D eigenvalue weighted by atomic mass is 19.1. The largest absolute Gasteiger partial charge is 0.480 e. The highest BCUT2D eigenvalue weighted by molar-refractivity contribution is 5.77. The molecule has 0 spiro atoms.